The van der Waals surface area contributed by atoms with E-state index < -0.39 is 0 Å². The largest absolute Gasteiger partial charge is 0.478 e. The van der Waals surface area contributed by atoms with Crippen LogP contribution in [0.1, 0.15) is 35.9 Å². The summed E-state index contributed by atoms with van der Waals surface area (Å²) >= 11 is 0. The van der Waals surface area contributed by atoms with Gasteiger partial charge in [-0.15, -0.1) is 0 Å². The van der Waals surface area contributed by atoms with Gasteiger partial charge < -0.3 is 14.5 Å². The Bertz CT molecular complexity index is 640. The molecule has 6 heteroatoms. The molecule has 1 aliphatic heterocycles. The number of hydrogen-bond acceptors (Lipinski definition) is 5. The van der Waals surface area contributed by atoms with E-state index in [0.29, 0.717) is 18.2 Å². The zero-order valence-corrected chi connectivity index (χ0v) is 13.9. The molecular formula is C18H23N3O3. The van der Waals surface area contributed by atoms with E-state index in [1.807, 2.05) is 18.3 Å². The zero-order valence-electron chi connectivity index (χ0n) is 13.9. The van der Waals surface area contributed by atoms with Gasteiger partial charge in [0.25, 0.3) is 5.91 Å². The first-order valence-electron chi connectivity index (χ1n) is 8.39. The smallest absolute Gasteiger partial charge is 0.287 e. The molecule has 0 radical (unpaired) electrons. The molecule has 3 rings (SSSR count). The highest BCUT2D eigenvalue weighted by Crippen LogP contribution is 2.15. The average molecular weight is 329 g/mol. The van der Waals surface area contributed by atoms with Crippen LogP contribution in [0.25, 0.3) is 0 Å². The Morgan fingerprint density at radius 3 is 3.08 bits per heavy atom. The highest BCUT2D eigenvalue weighted by Gasteiger charge is 2.24. The first-order chi connectivity index (χ1) is 11.7. The second-order valence-electron chi connectivity index (χ2n) is 6.02. The summed E-state index contributed by atoms with van der Waals surface area (Å²) in [5.74, 6) is 0.886. The van der Waals surface area contributed by atoms with Crippen LogP contribution < -0.4 is 10.1 Å². The summed E-state index contributed by atoms with van der Waals surface area (Å²) in [6.45, 7) is 5.38. The highest BCUT2D eigenvalue weighted by molar-refractivity contribution is 5.91. The van der Waals surface area contributed by atoms with Gasteiger partial charge in [-0.25, -0.2) is 4.98 Å². The fourth-order valence-corrected chi connectivity index (χ4v) is 2.81. The van der Waals surface area contributed by atoms with Crippen LogP contribution in [0, 0.1) is 0 Å². The Hall–Kier alpha value is -2.34. The lowest BCUT2D eigenvalue weighted by atomic mass is 10.2. The predicted octanol–water partition coefficient (Wildman–Crippen LogP) is 2.47. The number of nitrogens with one attached hydrogen (secondary N) is 1. The van der Waals surface area contributed by atoms with E-state index in [1.165, 1.54) is 6.26 Å². The second-order valence-corrected chi connectivity index (χ2v) is 6.02. The lowest BCUT2D eigenvalue weighted by Gasteiger charge is -2.16. The standard InChI is InChI=1S/C18H23N3O3/c1-2-9-24-17-6-5-14(11-19-17)12-21-8-7-15(13-21)20-18(22)16-4-3-10-23-16/h3-6,10-11,15H,2,7-9,12-13H2,1H3,(H,20,22). The molecule has 2 aromatic heterocycles. The summed E-state index contributed by atoms with van der Waals surface area (Å²) in [7, 11) is 0. The molecule has 1 saturated heterocycles. The molecule has 6 nitrogen and oxygen atoms in total. The van der Waals surface area contributed by atoms with Crippen LogP contribution in [-0.2, 0) is 6.54 Å². The summed E-state index contributed by atoms with van der Waals surface area (Å²) in [4.78, 5) is 18.6. The van der Waals surface area contributed by atoms with E-state index in [0.717, 1.165) is 38.0 Å². The summed E-state index contributed by atoms with van der Waals surface area (Å²) in [6, 6.07) is 7.51. The summed E-state index contributed by atoms with van der Waals surface area (Å²) in [6.07, 6.45) is 5.29. The maximum atomic E-state index is 12.0. The number of furan rings is 1. The number of carbonyl (C=O) groups is 1. The maximum Gasteiger partial charge on any atom is 0.287 e. The third-order valence-electron chi connectivity index (χ3n) is 4.01. The Kier molecular flexibility index (Phi) is 5.48. The minimum absolute atomic E-state index is 0.147. The monoisotopic (exact) mass is 329 g/mol. The van der Waals surface area contributed by atoms with E-state index in [4.69, 9.17) is 9.15 Å². The van der Waals surface area contributed by atoms with Crippen LogP contribution in [0.15, 0.2) is 41.1 Å². The molecule has 0 bridgehead atoms. The number of hydrogen-bond donors (Lipinski definition) is 1. The summed E-state index contributed by atoms with van der Waals surface area (Å²) < 4.78 is 10.6. The first kappa shape index (κ1) is 16.5. The van der Waals surface area contributed by atoms with Crippen molar-refractivity contribution in [3.63, 3.8) is 0 Å². The van der Waals surface area contributed by atoms with Crippen molar-refractivity contribution in [2.75, 3.05) is 19.7 Å². The van der Waals surface area contributed by atoms with Gasteiger partial charge in [-0.05, 0) is 30.5 Å². The summed E-state index contributed by atoms with van der Waals surface area (Å²) in [5, 5.41) is 3.02. The van der Waals surface area contributed by atoms with Crippen molar-refractivity contribution >= 4 is 5.91 Å². The van der Waals surface area contributed by atoms with Gasteiger partial charge in [0.15, 0.2) is 5.76 Å². The van der Waals surface area contributed by atoms with Crippen LogP contribution >= 0.6 is 0 Å². The molecule has 0 aromatic carbocycles. The maximum absolute atomic E-state index is 12.0. The van der Waals surface area contributed by atoms with Gasteiger partial charge in [-0.3, -0.25) is 9.69 Å². The minimum Gasteiger partial charge on any atom is -0.478 e. The van der Waals surface area contributed by atoms with E-state index in [2.05, 4.69) is 22.1 Å². The van der Waals surface area contributed by atoms with E-state index >= 15 is 0 Å². The van der Waals surface area contributed by atoms with Crippen LogP contribution in [0.3, 0.4) is 0 Å². The van der Waals surface area contributed by atoms with Crippen molar-refractivity contribution in [3.05, 3.63) is 48.0 Å². The number of aromatic nitrogens is 1. The van der Waals surface area contributed by atoms with Crippen molar-refractivity contribution in [2.45, 2.75) is 32.4 Å². The Morgan fingerprint density at radius 1 is 1.46 bits per heavy atom. The molecule has 1 N–H and O–H groups in total. The molecule has 128 valence electrons. The topological polar surface area (TPSA) is 67.6 Å². The van der Waals surface area contributed by atoms with Crippen molar-refractivity contribution < 1.29 is 13.9 Å². The highest BCUT2D eigenvalue weighted by atomic mass is 16.5. The van der Waals surface area contributed by atoms with Crippen LogP contribution in [0.4, 0.5) is 0 Å². The van der Waals surface area contributed by atoms with Crippen LogP contribution in [0.5, 0.6) is 5.88 Å². The number of rotatable bonds is 7. The van der Waals surface area contributed by atoms with Crippen molar-refractivity contribution in [2.24, 2.45) is 0 Å². The first-order valence-corrected chi connectivity index (χ1v) is 8.39. The number of amides is 1. The Balaban J connectivity index is 1.46. The number of carbonyl (C=O) groups excluding carboxylic acids is 1. The second kappa shape index (κ2) is 7.97. The van der Waals surface area contributed by atoms with E-state index in [9.17, 15) is 4.79 Å². The predicted molar refractivity (Wildman–Crippen MR) is 89.9 cm³/mol. The zero-order chi connectivity index (χ0) is 16.8. The van der Waals surface area contributed by atoms with Gasteiger partial charge in [0.2, 0.25) is 5.88 Å². The SMILES string of the molecule is CCCOc1ccc(CN2CCC(NC(=O)c3ccco3)C2)cn1. The van der Waals surface area contributed by atoms with Crippen LogP contribution in [-0.4, -0.2) is 41.5 Å². The Labute approximate surface area is 141 Å². The molecular weight excluding hydrogens is 306 g/mol. The Morgan fingerprint density at radius 2 is 2.38 bits per heavy atom. The van der Waals surface area contributed by atoms with Crippen LogP contribution in [0.2, 0.25) is 0 Å². The molecule has 0 spiro atoms. The lowest BCUT2D eigenvalue weighted by molar-refractivity contribution is 0.0909. The molecule has 1 unspecified atom stereocenters. The van der Waals surface area contributed by atoms with Gasteiger partial charge in [0, 0.05) is 37.9 Å². The molecule has 0 aliphatic carbocycles. The molecule has 1 amide bonds. The number of likely N-dealkylation sites (tertiary alicyclic amines) is 1. The fraction of sp³-hybridized carbons (Fsp3) is 0.444. The quantitative estimate of drug-likeness (QED) is 0.845. The fourth-order valence-electron chi connectivity index (χ4n) is 2.81. The molecule has 1 atom stereocenters. The lowest BCUT2D eigenvalue weighted by Crippen LogP contribution is -2.36. The van der Waals surface area contributed by atoms with Crippen molar-refractivity contribution in [1.29, 1.82) is 0 Å². The van der Waals surface area contributed by atoms with Gasteiger partial charge >= 0.3 is 0 Å². The molecule has 0 saturated carbocycles. The van der Waals surface area contributed by atoms with Gasteiger partial charge in [0.05, 0.1) is 12.9 Å². The molecule has 2 aromatic rings. The number of nitrogens with zero attached hydrogens (tertiary/aromatic N) is 2. The van der Waals surface area contributed by atoms with Gasteiger partial charge in [-0.1, -0.05) is 13.0 Å². The van der Waals surface area contributed by atoms with E-state index in [-0.39, 0.29) is 11.9 Å². The molecule has 3 heterocycles. The molecule has 1 fully saturated rings. The number of pyridine rings is 1. The number of ether oxygens (including phenoxy) is 1. The molecule has 1 aliphatic rings. The van der Waals surface area contributed by atoms with Crippen molar-refractivity contribution in [3.8, 4) is 5.88 Å². The van der Waals surface area contributed by atoms with Gasteiger partial charge in [0.1, 0.15) is 0 Å². The average Bonchev–Trinajstić information content (AvgIpc) is 3.26. The van der Waals surface area contributed by atoms with E-state index in [1.54, 1.807) is 12.1 Å². The minimum atomic E-state index is -0.147. The normalized spacial score (nSPS) is 17.8. The van der Waals surface area contributed by atoms with Gasteiger partial charge in [-0.2, -0.15) is 0 Å². The molecule has 24 heavy (non-hydrogen) atoms. The third kappa shape index (κ3) is 4.35. The van der Waals surface area contributed by atoms with Crippen molar-refractivity contribution in [1.82, 2.24) is 15.2 Å². The third-order valence-corrected chi connectivity index (χ3v) is 4.01. The summed E-state index contributed by atoms with van der Waals surface area (Å²) in [5.41, 5.74) is 1.15.